The maximum absolute atomic E-state index is 13.9. The Hall–Kier alpha value is -4.17. The van der Waals surface area contributed by atoms with Crippen molar-refractivity contribution < 1.29 is 4.39 Å². The molecular formula is C26H19FN6S. The maximum Gasteiger partial charge on any atom is 0.181 e. The Balaban J connectivity index is 1.47. The molecule has 166 valence electrons. The average molecular weight is 467 g/mol. The molecular weight excluding hydrogens is 447 g/mol. The van der Waals surface area contributed by atoms with Gasteiger partial charge in [0.25, 0.3) is 0 Å². The molecule has 6 rings (SSSR count). The summed E-state index contributed by atoms with van der Waals surface area (Å²) >= 11 is 1.52. The van der Waals surface area contributed by atoms with Gasteiger partial charge in [-0.3, -0.25) is 10.1 Å². The largest absolute Gasteiger partial charge is 0.353 e. The highest BCUT2D eigenvalue weighted by molar-refractivity contribution is 7.99. The minimum absolute atomic E-state index is 0.255. The smallest absolute Gasteiger partial charge is 0.181 e. The fourth-order valence-electron chi connectivity index (χ4n) is 4.23. The van der Waals surface area contributed by atoms with Gasteiger partial charge in [-0.25, -0.2) is 9.37 Å². The fraction of sp³-hybridized carbons (Fsp3) is 0.0385. The van der Waals surface area contributed by atoms with E-state index in [1.165, 1.54) is 18.0 Å². The molecule has 0 radical (unpaired) electrons. The van der Waals surface area contributed by atoms with Gasteiger partial charge in [-0.1, -0.05) is 36.2 Å². The number of rotatable bonds is 5. The SMILES string of the molecule is CSNc1cncc(-c2cnc3n[nH]c(-c4cc5c(-c6cccc(F)c6)cccc5[nH]4)c3c2)c1. The van der Waals surface area contributed by atoms with Gasteiger partial charge < -0.3 is 9.71 Å². The summed E-state index contributed by atoms with van der Waals surface area (Å²) in [4.78, 5) is 12.4. The number of H-pyrrole nitrogens is 2. The second-order valence-corrected chi connectivity index (χ2v) is 8.53. The molecule has 0 amide bonds. The Morgan fingerprint density at radius 1 is 0.882 bits per heavy atom. The number of hydrogen-bond acceptors (Lipinski definition) is 5. The van der Waals surface area contributed by atoms with Gasteiger partial charge in [0.15, 0.2) is 5.65 Å². The van der Waals surface area contributed by atoms with Crippen molar-refractivity contribution in [2.24, 2.45) is 0 Å². The van der Waals surface area contributed by atoms with Crippen LogP contribution in [0.4, 0.5) is 10.1 Å². The second kappa shape index (κ2) is 8.31. The molecule has 34 heavy (non-hydrogen) atoms. The summed E-state index contributed by atoms with van der Waals surface area (Å²) in [6, 6.07) is 18.8. The predicted molar refractivity (Wildman–Crippen MR) is 137 cm³/mol. The molecule has 3 N–H and O–H groups in total. The Bertz CT molecular complexity index is 1650. The van der Waals surface area contributed by atoms with Gasteiger partial charge in [0.05, 0.1) is 23.3 Å². The van der Waals surface area contributed by atoms with Gasteiger partial charge in [-0.2, -0.15) is 5.10 Å². The van der Waals surface area contributed by atoms with E-state index in [9.17, 15) is 4.39 Å². The van der Waals surface area contributed by atoms with E-state index in [0.717, 1.165) is 55.6 Å². The van der Waals surface area contributed by atoms with Crippen LogP contribution in [0.5, 0.6) is 0 Å². The Morgan fingerprint density at radius 3 is 2.65 bits per heavy atom. The fourth-order valence-corrected chi connectivity index (χ4v) is 4.58. The monoisotopic (exact) mass is 466 g/mol. The summed E-state index contributed by atoms with van der Waals surface area (Å²) < 4.78 is 17.1. The first-order valence-electron chi connectivity index (χ1n) is 10.7. The zero-order valence-corrected chi connectivity index (χ0v) is 18.9. The van der Waals surface area contributed by atoms with Gasteiger partial charge >= 0.3 is 0 Å². The second-order valence-electron chi connectivity index (χ2n) is 7.92. The highest BCUT2D eigenvalue weighted by Gasteiger charge is 2.15. The third kappa shape index (κ3) is 3.58. The lowest BCUT2D eigenvalue weighted by molar-refractivity contribution is 0.628. The summed E-state index contributed by atoms with van der Waals surface area (Å²) in [5.41, 5.74) is 7.96. The van der Waals surface area contributed by atoms with Crippen LogP contribution >= 0.6 is 11.9 Å². The number of hydrogen-bond donors (Lipinski definition) is 3. The lowest BCUT2D eigenvalue weighted by Crippen LogP contribution is -1.88. The number of nitrogens with one attached hydrogen (secondary N) is 3. The van der Waals surface area contributed by atoms with Gasteiger partial charge in [-0.15, -0.1) is 0 Å². The maximum atomic E-state index is 13.9. The zero-order chi connectivity index (χ0) is 23.1. The number of halogens is 1. The van der Waals surface area contributed by atoms with Crippen molar-refractivity contribution in [3.05, 3.63) is 85.1 Å². The van der Waals surface area contributed by atoms with Crippen LogP contribution in [0.1, 0.15) is 0 Å². The third-order valence-electron chi connectivity index (χ3n) is 5.77. The van der Waals surface area contributed by atoms with E-state index >= 15 is 0 Å². The van der Waals surface area contributed by atoms with Gasteiger partial charge in [0, 0.05) is 46.1 Å². The molecule has 0 saturated carbocycles. The molecule has 0 aliphatic carbocycles. The van der Waals surface area contributed by atoms with Gasteiger partial charge in [0.1, 0.15) is 5.82 Å². The molecule has 0 spiro atoms. The standard InChI is InChI=1S/C26H19FN6S/c1-34-33-19-9-16(12-28-14-19)17-10-22-25(31-32-26(22)29-13-17)24-11-21-20(6-3-7-23(21)30-24)15-4-2-5-18(27)8-15/h2-14,30,33H,1H3,(H,29,31,32). The normalized spacial score (nSPS) is 11.4. The molecule has 6 nitrogen and oxygen atoms in total. The minimum Gasteiger partial charge on any atom is -0.353 e. The van der Waals surface area contributed by atoms with Gasteiger partial charge in [0.2, 0.25) is 0 Å². The molecule has 0 fully saturated rings. The molecule has 0 atom stereocenters. The van der Waals surface area contributed by atoms with E-state index in [-0.39, 0.29) is 5.82 Å². The topological polar surface area (TPSA) is 82.3 Å². The van der Waals surface area contributed by atoms with E-state index in [1.54, 1.807) is 24.5 Å². The summed E-state index contributed by atoms with van der Waals surface area (Å²) in [5, 5.41) is 9.45. The van der Waals surface area contributed by atoms with E-state index in [1.807, 2.05) is 42.8 Å². The Kier molecular flexibility index (Phi) is 5.00. The first-order chi connectivity index (χ1) is 16.7. The summed E-state index contributed by atoms with van der Waals surface area (Å²) in [6.45, 7) is 0. The molecule has 0 unspecified atom stereocenters. The third-order valence-corrected chi connectivity index (χ3v) is 6.21. The number of nitrogens with zero attached hydrogens (tertiary/aromatic N) is 3. The molecule has 0 bridgehead atoms. The average Bonchev–Trinajstić information content (AvgIpc) is 3.48. The van der Waals surface area contributed by atoms with Crippen molar-refractivity contribution in [1.29, 1.82) is 0 Å². The number of fused-ring (bicyclic) bond motifs is 2. The highest BCUT2D eigenvalue weighted by Crippen LogP contribution is 2.35. The van der Waals surface area contributed by atoms with E-state index < -0.39 is 0 Å². The van der Waals surface area contributed by atoms with Crippen LogP contribution in [0.15, 0.2) is 79.3 Å². The number of aromatic amines is 2. The van der Waals surface area contributed by atoms with Crippen LogP contribution in [0.3, 0.4) is 0 Å². The number of benzene rings is 2. The van der Waals surface area contributed by atoms with Crippen molar-refractivity contribution >= 4 is 39.6 Å². The number of pyridine rings is 2. The molecule has 6 aromatic rings. The van der Waals surface area contributed by atoms with Crippen LogP contribution < -0.4 is 4.72 Å². The summed E-state index contributed by atoms with van der Waals surface area (Å²) in [6.07, 6.45) is 7.39. The van der Waals surface area contributed by atoms with Crippen LogP contribution in [0.25, 0.3) is 55.6 Å². The summed E-state index contributed by atoms with van der Waals surface area (Å²) in [7, 11) is 0. The van der Waals surface area contributed by atoms with Crippen molar-refractivity contribution in [1.82, 2.24) is 25.1 Å². The molecule has 0 aliphatic heterocycles. The highest BCUT2D eigenvalue weighted by atomic mass is 32.2. The van der Waals surface area contributed by atoms with Crippen LogP contribution in [-0.2, 0) is 0 Å². The van der Waals surface area contributed by atoms with Crippen LogP contribution in [-0.4, -0.2) is 31.4 Å². The van der Waals surface area contributed by atoms with Crippen molar-refractivity contribution in [2.45, 2.75) is 0 Å². The lowest BCUT2D eigenvalue weighted by atomic mass is 10.0. The molecule has 0 saturated heterocycles. The molecule has 0 aliphatic rings. The molecule has 8 heteroatoms. The Morgan fingerprint density at radius 2 is 1.76 bits per heavy atom. The first kappa shape index (κ1) is 20.4. The van der Waals surface area contributed by atoms with Crippen molar-refractivity contribution in [2.75, 3.05) is 11.0 Å². The molecule has 4 heterocycles. The van der Waals surface area contributed by atoms with E-state index in [4.69, 9.17) is 0 Å². The van der Waals surface area contributed by atoms with Crippen molar-refractivity contribution in [3.8, 4) is 33.6 Å². The first-order valence-corrected chi connectivity index (χ1v) is 11.9. The zero-order valence-electron chi connectivity index (χ0n) is 18.1. The molecule has 2 aromatic carbocycles. The summed E-state index contributed by atoms with van der Waals surface area (Å²) in [5.74, 6) is -0.255. The molecule has 4 aromatic heterocycles. The van der Waals surface area contributed by atoms with E-state index in [0.29, 0.717) is 5.65 Å². The minimum atomic E-state index is -0.255. The van der Waals surface area contributed by atoms with Gasteiger partial charge in [-0.05, 0) is 47.5 Å². The Labute approximate surface area is 198 Å². The van der Waals surface area contributed by atoms with E-state index in [2.05, 4.69) is 42.0 Å². The predicted octanol–water partition coefficient (Wildman–Crippen LogP) is 6.66. The quantitative estimate of drug-likeness (QED) is 0.247. The number of anilines is 1. The lowest BCUT2D eigenvalue weighted by Gasteiger charge is -2.05. The van der Waals surface area contributed by atoms with Crippen LogP contribution in [0.2, 0.25) is 0 Å². The van der Waals surface area contributed by atoms with Crippen LogP contribution in [0, 0.1) is 5.82 Å². The van der Waals surface area contributed by atoms with Crippen molar-refractivity contribution in [3.63, 3.8) is 0 Å². The number of aromatic nitrogens is 5.